The van der Waals surface area contributed by atoms with Gasteiger partial charge in [-0.3, -0.25) is 4.79 Å². The number of rotatable bonds is 5. The number of aromatic nitrogens is 1. The van der Waals surface area contributed by atoms with Crippen molar-refractivity contribution in [1.82, 2.24) is 4.57 Å². The van der Waals surface area contributed by atoms with Gasteiger partial charge in [0.15, 0.2) is 11.5 Å². The van der Waals surface area contributed by atoms with Crippen LogP contribution in [0.4, 0.5) is 5.69 Å². The largest absolute Gasteiger partial charge is 0.486 e. The van der Waals surface area contributed by atoms with E-state index in [0.29, 0.717) is 36.0 Å². The number of aryl methyl sites for hydroxylation is 1. The van der Waals surface area contributed by atoms with Gasteiger partial charge in [-0.15, -0.1) is 0 Å². The molecule has 1 aliphatic heterocycles. The highest BCUT2D eigenvalue weighted by Gasteiger charge is 2.21. The third-order valence-electron chi connectivity index (χ3n) is 5.49. The third-order valence-corrected chi connectivity index (χ3v) is 5.49. The van der Waals surface area contributed by atoms with Crippen LogP contribution in [0, 0.1) is 13.8 Å². The van der Waals surface area contributed by atoms with Crippen LogP contribution in [-0.4, -0.2) is 49.8 Å². The second-order valence-corrected chi connectivity index (χ2v) is 7.68. The molecular formula is C25H24N2O7. The molecular weight excluding hydrogens is 440 g/mol. The van der Waals surface area contributed by atoms with Gasteiger partial charge in [0, 0.05) is 28.8 Å². The maximum Gasteiger partial charge on any atom is 0.337 e. The molecule has 4 rings (SSSR count). The van der Waals surface area contributed by atoms with Crippen LogP contribution in [0.15, 0.2) is 42.5 Å². The Labute approximate surface area is 196 Å². The lowest BCUT2D eigenvalue weighted by atomic mass is 10.1. The number of anilines is 1. The van der Waals surface area contributed by atoms with Crippen LogP contribution in [-0.2, 0) is 9.47 Å². The van der Waals surface area contributed by atoms with E-state index in [1.165, 1.54) is 32.4 Å². The van der Waals surface area contributed by atoms with Gasteiger partial charge in [0.2, 0.25) is 0 Å². The molecule has 0 saturated heterocycles. The number of amides is 1. The molecule has 0 saturated carbocycles. The van der Waals surface area contributed by atoms with Gasteiger partial charge in [-0.05, 0) is 50.2 Å². The maximum atomic E-state index is 13.2. The normalized spacial score (nSPS) is 12.1. The molecule has 0 bridgehead atoms. The van der Waals surface area contributed by atoms with Crippen LogP contribution in [0.2, 0.25) is 0 Å². The van der Waals surface area contributed by atoms with E-state index in [1.54, 1.807) is 6.07 Å². The molecule has 2 heterocycles. The van der Waals surface area contributed by atoms with Crippen molar-refractivity contribution in [3.05, 3.63) is 70.5 Å². The first-order valence-electron chi connectivity index (χ1n) is 10.5. The molecule has 1 aliphatic rings. The summed E-state index contributed by atoms with van der Waals surface area (Å²) in [5, 5.41) is 2.77. The Bertz CT molecular complexity index is 1260. The van der Waals surface area contributed by atoms with Gasteiger partial charge in [-0.1, -0.05) is 0 Å². The van der Waals surface area contributed by atoms with Crippen molar-refractivity contribution >= 4 is 23.5 Å². The molecule has 0 unspecified atom stereocenters. The van der Waals surface area contributed by atoms with E-state index in [1.807, 2.05) is 36.6 Å². The lowest BCUT2D eigenvalue weighted by Gasteiger charge is -2.20. The average Bonchev–Trinajstić information content (AvgIpc) is 3.16. The van der Waals surface area contributed by atoms with Crippen molar-refractivity contribution in [3.63, 3.8) is 0 Å². The van der Waals surface area contributed by atoms with Gasteiger partial charge in [0.25, 0.3) is 5.91 Å². The summed E-state index contributed by atoms with van der Waals surface area (Å²) in [5.41, 5.74) is 3.32. The molecule has 1 aromatic heterocycles. The molecule has 9 heteroatoms. The molecule has 1 N–H and O–H groups in total. The highest BCUT2D eigenvalue weighted by atomic mass is 16.6. The lowest BCUT2D eigenvalue weighted by Crippen LogP contribution is -2.16. The number of nitrogens with zero attached hydrogens (tertiary/aromatic N) is 1. The summed E-state index contributed by atoms with van der Waals surface area (Å²) in [6, 6.07) is 11.6. The lowest BCUT2D eigenvalue weighted by molar-refractivity contribution is 0.0599. The van der Waals surface area contributed by atoms with Crippen molar-refractivity contribution in [1.29, 1.82) is 0 Å². The van der Waals surface area contributed by atoms with Gasteiger partial charge in [0.1, 0.15) is 13.2 Å². The number of hydrogen-bond donors (Lipinski definition) is 1. The summed E-state index contributed by atoms with van der Waals surface area (Å²) in [5.74, 6) is -0.342. The van der Waals surface area contributed by atoms with Crippen molar-refractivity contribution in [2.75, 3.05) is 32.8 Å². The van der Waals surface area contributed by atoms with E-state index in [-0.39, 0.29) is 16.8 Å². The van der Waals surface area contributed by atoms with E-state index >= 15 is 0 Å². The van der Waals surface area contributed by atoms with Gasteiger partial charge < -0.3 is 28.8 Å². The number of esters is 2. The molecule has 9 nitrogen and oxygen atoms in total. The fourth-order valence-electron chi connectivity index (χ4n) is 3.93. The van der Waals surface area contributed by atoms with Crippen molar-refractivity contribution in [2.24, 2.45) is 0 Å². The SMILES string of the molecule is COC(=O)c1cc(NC(=O)c2cc(C)n(-c3ccc4c(c3)OCCO4)c2C)cc(C(=O)OC)c1. The van der Waals surface area contributed by atoms with Gasteiger partial charge in [-0.25, -0.2) is 9.59 Å². The topological polar surface area (TPSA) is 105 Å². The molecule has 34 heavy (non-hydrogen) atoms. The van der Waals surface area contributed by atoms with Crippen LogP contribution in [0.1, 0.15) is 42.5 Å². The number of hydrogen-bond acceptors (Lipinski definition) is 7. The minimum absolute atomic E-state index is 0.113. The van der Waals surface area contributed by atoms with Crippen LogP contribution in [0.25, 0.3) is 5.69 Å². The molecule has 0 spiro atoms. The van der Waals surface area contributed by atoms with E-state index in [0.717, 1.165) is 11.4 Å². The number of fused-ring (bicyclic) bond motifs is 1. The first kappa shape index (κ1) is 22.9. The molecule has 0 fully saturated rings. The monoisotopic (exact) mass is 464 g/mol. The van der Waals surface area contributed by atoms with E-state index in [4.69, 9.17) is 18.9 Å². The Hall–Kier alpha value is -4.27. The van der Waals surface area contributed by atoms with Gasteiger partial charge >= 0.3 is 11.9 Å². The molecule has 1 amide bonds. The number of carbonyl (C=O) groups excluding carboxylic acids is 3. The smallest absolute Gasteiger partial charge is 0.337 e. The predicted molar refractivity (Wildman–Crippen MR) is 123 cm³/mol. The molecule has 0 atom stereocenters. The minimum atomic E-state index is -0.641. The first-order chi connectivity index (χ1) is 16.3. The fourth-order valence-corrected chi connectivity index (χ4v) is 3.93. The Morgan fingerprint density at radius 1 is 0.853 bits per heavy atom. The van der Waals surface area contributed by atoms with Gasteiger partial charge in [-0.2, -0.15) is 0 Å². The van der Waals surface area contributed by atoms with Crippen LogP contribution in [0.5, 0.6) is 11.5 Å². The van der Waals surface area contributed by atoms with E-state index in [9.17, 15) is 14.4 Å². The second kappa shape index (κ2) is 9.30. The van der Waals surface area contributed by atoms with Crippen molar-refractivity contribution < 1.29 is 33.3 Å². The number of benzene rings is 2. The highest BCUT2D eigenvalue weighted by Crippen LogP contribution is 2.33. The summed E-state index contributed by atoms with van der Waals surface area (Å²) in [6.45, 7) is 4.72. The zero-order chi connectivity index (χ0) is 24.4. The number of ether oxygens (including phenoxy) is 4. The summed E-state index contributed by atoms with van der Waals surface area (Å²) in [4.78, 5) is 37.2. The number of methoxy groups -OCH3 is 2. The number of nitrogens with one attached hydrogen (secondary N) is 1. The standard InChI is InChI=1S/C25H24N2O7/c1-14-9-20(15(2)27(14)19-5-6-21-22(13-19)34-8-7-33-21)23(28)26-18-11-16(24(29)31-3)10-17(12-18)25(30)32-4/h5-6,9-13H,7-8H2,1-4H3,(H,26,28). The predicted octanol–water partition coefficient (Wildman–Crippen LogP) is 3.69. The maximum absolute atomic E-state index is 13.2. The zero-order valence-electron chi connectivity index (χ0n) is 19.3. The average molecular weight is 464 g/mol. The summed E-state index contributed by atoms with van der Waals surface area (Å²) in [7, 11) is 2.47. The Morgan fingerprint density at radius 2 is 1.47 bits per heavy atom. The summed E-state index contributed by atoms with van der Waals surface area (Å²) >= 11 is 0. The van der Waals surface area contributed by atoms with Gasteiger partial charge in [0.05, 0.1) is 30.9 Å². The molecule has 3 aromatic rings. The highest BCUT2D eigenvalue weighted by molar-refractivity contribution is 6.07. The van der Waals surface area contributed by atoms with E-state index in [2.05, 4.69) is 5.32 Å². The van der Waals surface area contributed by atoms with Crippen LogP contribution >= 0.6 is 0 Å². The Morgan fingerprint density at radius 3 is 2.09 bits per heavy atom. The zero-order valence-corrected chi connectivity index (χ0v) is 19.3. The number of carbonyl (C=O) groups is 3. The quantitative estimate of drug-likeness (QED) is 0.574. The molecule has 176 valence electrons. The van der Waals surface area contributed by atoms with Crippen LogP contribution in [0.3, 0.4) is 0 Å². The molecule has 0 aliphatic carbocycles. The van der Waals surface area contributed by atoms with Crippen molar-refractivity contribution in [2.45, 2.75) is 13.8 Å². The Balaban J connectivity index is 1.66. The van der Waals surface area contributed by atoms with Crippen molar-refractivity contribution in [3.8, 4) is 17.2 Å². The summed E-state index contributed by atoms with van der Waals surface area (Å²) < 4.78 is 22.7. The van der Waals surface area contributed by atoms with Crippen LogP contribution < -0.4 is 14.8 Å². The molecule has 0 radical (unpaired) electrons. The third kappa shape index (κ3) is 4.32. The fraction of sp³-hybridized carbons (Fsp3) is 0.240. The second-order valence-electron chi connectivity index (χ2n) is 7.68. The summed E-state index contributed by atoms with van der Waals surface area (Å²) in [6.07, 6.45) is 0. The van der Waals surface area contributed by atoms with E-state index < -0.39 is 17.8 Å². The first-order valence-corrected chi connectivity index (χ1v) is 10.5. The molecule has 2 aromatic carbocycles. The Kier molecular flexibility index (Phi) is 6.27. The minimum Gasteiger partial charge on any atom is -0.486 e.